The van der Waals surface area contributed by atoms with Gasteiger partial charge in [0.1, 0.15) is 35.9 Å². The first-order chi connectivity index (χ1) is 14.3. The van der Waals surface area contributed by atoms with Crippen molar-refractivity contribution in [3.05, 3.63) is 29.8 Å². The van der Waals surface area contributed by atoms with Crippen LogP contribution in [0.25, 0.3) is 5.57 Å². The maximum Gasteiger partial charge on any atom is 0.229 e. The Kier molecular flexibility index (Phi) is 7.26. The van der Waals surface area contributed by atoms with Crippen LogP contribution in [0.4, 0.5) is 0 Å². The molecule has 7 N–H and O–H groups in total. The quantitative estimate of drug-likeness (QED) is 0.245. The molecule has 2 aliphatic heterocycles. The van der Waals surface area contributed by atoms with Gasteiger partial charge in [0.2, 0.25) is 18.5 Å². The van der Waals surface area contributed by atoms with Gasteiger partial charge in [0.15, 0.2) is 0 Å². The summed E-state index contributed by atoms with van der Waals surface area (Å²) in [6.45, 7) is -0.660. The molecule has 1 fully saturated rings. The molecule has 2 heterocycles. The van der Waals surface area contributed by atoms with Crippen molar-refractivity contribution >= 4 is 11.5 Å². The summed E-state index contributed by atoms with van der Waals surface area (Å²) >= 11 is 0. The number of fused-ring (bicyclic) bond motifs is 1. The Balaban J connectivity index is 1.75. The van der Waals surface area contributed by atoms with E-state index in [1.807, 2.05) is 0 Å². The molecule has 4 unspecified atom stereocenters. The third-order valence-corrected chi connectivity index (χ3v) is 4.78. The zero-order chi connectivity index (χ0) is 21.8. The molecule has 30 heavy (non-hydrogen) atoms. The third-order valence-electron chi connectivity index (χ3n) is 4.78. The van der Waals surface area contributed by atoms with Crippen molar-refractivity contribution < 1.29 is 49.6 Å². The van der Waals surface area contributed by atoms with Crippen molar-refractivity contribution in [2.75, 3.05) is 19.8 Å². The van der Waals surface area contributed by atoms with E-state index < -0.39 is 43.6 Å². The summed E-state index contributed by atoms with van der Waals surface area (Å²) in [5.74, 6) is 0.0466. The number of nitrogens with one attached hydrogen (secondary N) is 1. The first-order valence-electron chi connectivity index (χ1n) is 9.38. The third kappa shape index (κ3) is 4.90. The molecule has 0 bridgehead atoms. The maximum atomic E-state index is 11.9. The second-order valence-electron chi connectivity index (χ2n) is 6.92. The minimum absolute atomic E-state index is 0.0413. The second-order valence-corrected chi connectivity index (χ2v) is 6.92. The molecule has 0 spiro atoms. The van der Waals surface area contributed by atoms with Crippen molar-refractivity contribution in [2.45, 2.75) is 43.4 Å². The van der Waals surface area contributed by atoms with Crippen LogP contribution in [0.3, 0.4) is 0 Å². The van der Waals surface area contributed by atoms with Gasteiger partial charge in [-0.25, -0.2) is 0 Å². The lowest BCUT2D eigenvalue weighted by Gasteiger charge is -2.39. The van der Waals surface area contributed by atoms with Crippen LogP contribution in [0.15, 0.2) is 24.3 Å². The Hall–Kier alpha value is -2.25. The van der Waals surface area contributed by atoms with Crippen LogP contribution >= 0.6 is 0 Å². The van der Waals surface area contributed by atoms with Gasteiger partial charge in [-0.15, -0.1) is 0 Å². The Morgan fingerprint density at radius 3 is 2.57 bits per heavy atom. The van der Waals surface area contributed by atoms with E-state index in [-0.39, 0.29) is 37.0 Å². The SMILES string of the molecule is O=C(CC1=CC(O)Oc2cc(O[C@@H]3OC(CO)[C@H](O)C(O)C3O)ccc21)NCCO. The average molecular weight is 427 g/mol. The Morgan fingerprint density at radius 1 is 1.10 bits per heavy atom. The average Bonchev–Trinajstić information content (AvgIpc) is 2.72. The Morgan fingerprint density at radius 2 is 1.87 bits per heavy atom. The van der Waals surface area contributed by atoms with Gasteiger partial charge in [-0.3, -0.25) is 4.79 Å². The molecule has 11 nitrogen and oxygen atoms in total. The van der Waals surface area contributed by atoms with Gasteiger partial charge in [0.05, 0.1) is 19.6 Å². The Bertz CT molecular complexity index is 783. The first kappa shape index (κ1) is 22.4. The number of benzene rings is 1. The van der Waals surface area contributed by atoms with E-state index in [0.29, 0.717) is 11.1 Å². The van der Waals surface area contributed by atoms with Crippen LogP contribution in [0.2, 0.25) is 0 Å². The topological polar surface area (TPSA) is 178 Å². The molecule has 1 aromatic carbocycles. The molecular weight excluding hydrogens is 402 g/mol. The van der Waals surface area contributed by atoms with Crippen LogP contribution in [-0.4, -0.2) is 93.3 Å². The van der Waals surface area contributed by atoms with Gasteiger partial charge in [-0.05, 0) is 23.8 Å². The summed E-state index contributed by atoms with van der Waals surface area (Å²) in [5.41, 5.74) is 1.05. The number of hydrogen-bond donors (Lipinski definition) is 7. The molecule has 0 saturated carbocycles. The van der Waals surface area contributed by atoms with Crippen molar-refractivity contribution in [1.29, 1.82) is 0 Å². The number of carbonyl (C=O) groups is 1. The van der Waals surface area contributed by atoms with E-state index >= 15 is 0 Å². The van der Waals surface area contributed by atoms with Gasteiger partial charge in [-0.1, -0.05) is 0 Å². The second kappa shape index (κ2) is 9.71. The lowest BCUT2D eigenvalue weighted by atomic mass is 9.98. The molecular formula is C19H25NO10. The Labute approximate surface area is 171 Å². The molecule has 1 amide bonds. The number of aliphatic hydroxyl groups excluding tert-OH is 6. The van der Waals surface area contributed by atoms with Crippen molar-refractivity contribution in [2.24, 2.45) is 0 Å². The highest BCUT2D eigenvalue weighted by Crippen LogP contribution is 2.37. The van der Waals surface area contributed by atoms with E-state index in [9.17, 15) is 30.3 Å². The zero-order valence-electron chi connectivity index (χ0n) is 15.9. The molecule has 0 aliphatic carbocycles. The lowest BCUT2D eigenvalue weighted by Crippen LogP contribution is -2.60. The highest BCUT2D eigenvalue weighted by atomic mass is 16.7. The monoisotopic (exact) mass is 427 g/mol. The molecule has 2 aliphatic rings. The number of hydrogen-bond acceptors (Lipinski definition) is 10. The summed E-state index contributed by atoms with van der Waals surface area (Å²) in [6.07, 6.45) is -7.08. The fraction of sp³-hybridized carbons (Fsp3) is 0.526. The zero-order valence-corrected chi connectivity index (χ0v) is 15.9. The first-order valence-corrected chi connectivity index (χ1v) is 9.38. The summed E-state index contributed by atoms with van der Waals surface area (Å²) in [7, 11) is 0. The normalized spacial score (nSPS) is 30.7. The van der Waals surface area contributed by atoms with Gasteiger partial charge >= 0.3 is 0 Å². The molecule has 3 rings (SSSR count). The molecule has 1 aromatic rings. The van der Waals surface area contributed by atoms with Crippen molar-refractivity contribution in [1.82, 2.24) is 5.32 Å². The van der Waals surface area contributed by atoms with Crippen LogP contribution in [0, 0.1) is 0 Å². The van der Waals surface area contributed by atoms with Gasteiger partial charge in [0.25, 0.3) is 0 Å². The summed E-state index contributed by atoms with van der Waals surface area (Å²) in [6, 6.07) is 4.52. The van der Waals surface area contributed by atoms with Crippen LogP contribution in [0.1, 0.15) is 12.0 Å². The number of rotatable bonds is 7. The van der Waals surface area contributed by atoms with E-state index in [4.69, 9.17) is 19.3 Å². The van der Waals surface area contributed by atoms with E-state index in [0.717, 1.165) is 0 Å². The summed E-state index contributed by atoms with van der Waals surface area (Å²) in [4.78, 5) is 11.9. The number of carbonyl (C=O) groups excluding carboxylic acids is 1. The predicted octanol–water partition coefficient (Wildman–Crippen LogP) is -2.54. The van der Waals surface area contributed by atoms with E-state index in [1.165, 1.54) is 18.2 Å². The number of aliphatic hydroxyl groups is 6. The van der Waals surface area contributed by atoms with Gasteiger partial charge < -0.3 is 50.2 Å². The van der Waals surface area contributed by atoms with Crippen molar-refractivity contribution in [3.8, 4) is 11.5 Å². The lowest BCUT2D eigenvalue weighted by molar-refractivity contribution is -0.277. The summed E-state index contributed by atoms with van der Waals surface area (Å²) < 4.78 is 16.2. The molecule has 166 valence electrons. The largest absolute Gasteiger partial charge is 0.462 e. The molecule has 6 atom stereocenters. The molecule has 0 radical (unpaired) electrons. The molecule has 11 heteroatoms. The standard InChI is InChI=1S/C19H25NO10/c21-4-3-20-14(23)5-9-6-15(24)29-12-7-10(1-2-11(9)12)28-19-18(27)17(26)16(25)13(8-22)30-19/h1-2,6-7,13,15-19,21-22,24-27H,3-5,8H2,(H,20,23)/t13?,15?,16-,17?,18?,19+/m0/s1. The predicted molar refractivity (Wildman–Crippen MR) is 100 cm³/mol. The highest BCUT2D eigenvalue weighted by Gasteiger charge is 2.44. The smallest absolute Gasteiger partial charge is 0.229 e. The molecule has 1 saturated heterocycles. The minimum Gasteiger partial charge on any atom is -0.462 e. The number of amides is 1. The summed E-state index contributed by atoms with van der Waals surface area (Å²) in [5, 5.41) is 60.3. The van der Waals surface area contributed by atoms with Crippen LogP contribution < -0.4 is 14.8 Å². The van der Waals surface area contributed by atoms with Crippen LogP contribution in [-0.2, 0) is 9.53 Å². The van der Waals surface area contributed by atoms with Gasteiger partial charge in [0, 0.05) is 18.2 Å². The van der Waals surface area contributed by atoms with E-state index in [1.54, 1.807) is 6.07 Å². The number of ether oxygens (including phenoxy) is 3. The fourth-order valence-corrected chi connectivity index (χ4v) is 3.25. The molecule has 0 aromatic heterocycles. The van der Waals surface area contributed by atoms with Crippen LogP contribution in [0.5, 0.6) is 11.5 Å². The maximum absolute atomic E-state index is 11.9. The highest BCUT2D eigenvalue weighted by molar-refractivity contribution is 5.90. The fourth-order valence-electron chi connectivity index (χ4n) is 3.25. The van der Waals surface area contributed by atoms with Gasteiger partial charge in [-0.2, -0.15) is 0 Å². The minimum atomic E-state index is -1.58. The van der Waals surface area contributed by atoms with E-state index in [2.05, 4.69) is 5.32 Å². The van der Waals surface area contributed by atoms with Crippen molar-refractivity contribution in [3.63, 3.8) is 0 Å².